The second-order valence-corrected chi connectivity index (χ2v) is 11.9. The van der Waals surface area contributed by atoms with E-state index in [-0.39, 0.29) is 36.8 Å². The number of aromatic nitrogens is 1. The molecule has 14 heteroatoms. The van der Waals surface area contributed by atoms with Gasteiger partial charge in [-0.05, 0) is 42.4 Å². The molecule has 2 rings (SSSR count). The van der Waals surface area contributed by atoms with E-state index in [2.05, 4.69) is 21.3 Å². The fourth-order valence-corrected chi connectivity index (χ4v) is 4.69. The number of carbonyl (C=O) groups excluding carboxylic acids is 4. The highest BCUT2D eigenvalue weighted by molar-refractivity contribution is 5.98. The number of nitrogen functional groups attached to an aromatic ring is 1. The van der Waals surface area contributed by atoms with Gasteiger partial charge in [0.2, 0.25) is 11.8 Å². The Labute approximate surface area is 268 Å². The minimum absolute atomic E-state index is 0.0908. The van der Waals surface area contributed by atoms with E-state index in [1.54, 1.807) is 52.0 Å². The summed E-state index contributed by atoms with van der Waals surface area (Å²) in [6.45, 7) is 8.51. The zero-order valence-electron chi connectivity index (χ0n) is 26.9. The van der Waals surface area contributed by atoms with Crippen LogP contribution in [-0.2, 0) is 20.9 Å². The van der Waals surface area contributed by atoms with E-state index in [9.17, 15) is 29.5 Å². The normalized spacial score (nSPS) is 14.8. The van der Waals surface area contributed by atoms with Gasteiger partial charge in [0, 0.05) is 24.4 Å². The summed E-state index contributed by atoms with van der Waals surface area (Å²) in [6.07, 6.45) is 0.675. The molecule has 0 bridgehead atoms. The molecule has 0 spiro atoms. The largest absolute Gasteiger partial charge is 0.619 e. The van der Waals surface area contributed by atoms with Gasteiger partial charge in [-0.2, -0.15) is 13.5 Å². The molecule has 12 nitrogen and oxygen atoms in total. The first kappa shape index (κ1) is 37.9. The smallest absolute Gasteiger partial charge is 0.351 e. The third-order valence-electron chi connectivity index (χ3n) is 7.60. The summed E-state index contributed by atoms with van der Waals surface area (Å²) in [6, 6.07) is 5.06. The van der Waals surface area contributed by atoms with Crippen molar-refractivity contribution in [1.82, 2.24) is 21.3 Å². The standard InChI is InChI=1S/C32H46F2N6O6/c1-6-8-24(37-30(44)26(20(5)7-2)39-28(42)22-13-15-40(46)16-14-22)29(43)38-25(17-19(3)4)27(41)32(33,34)31(45)36-18-21-9-11-23(35)12-10-21/h9-16,19-20,24-27,41H,6-8,17-18,35H2,1-5H3,(H,36,45)(H,37,44)(H,38,43)(H,39,42)/t20-,24-,25-,26?,27+/m0/s1. The van der Waals surface area contributed by atoms with Crippen LogP contribution in [0.25, 0.3) is 0 Å². The van der Waals surface area contributed by atoms with E-state index in [1.807, 2.05) is 6.92 Å². The molecule has 0 aliphatic heterocycles. The zero-order chi connectivity index (χ0) is 34.6. The molecular weight excluding hydrogens is 602 g/mol. The number of aliphatic hydroxyl groups excluding tert-OH is 1. The molecule has 5 atom stereocenters. The number of rotatable bonds is 17. The number of nitrogens with one attached hydrogen (secondary N) is 4. The summed E-state index contributed by atoms with van der Waals surface area (Å²) in [5.74, 6) is -8.69. The Kier molecular flexibility index (Phi) is 14.3. The Hall–Kier alpha value is -4.33. The molecule has 0 aliphatic rings. The van der Waals surface area contributed by atoms with Gasteiger partial charge in [-0.25, -0.2) is 0 Å². The number of carbonyl (C=O) groups is 4. The van der Waals surface area contributed by atoms with Crippen molar-refractivity contribution in [3.63, 3.8) is 0 Å². The number of hydrogen-bond acceptors (Lipinski definition) is 7. The van der Waals surface area contributed by atoms with Crippen LogP contribution in [0.4, 0.5) is 14.5 Å². The molecule has 46 heavy (non-hydrogen) atoms. The van der Waals surface area contributed by atoms with E-state index in [4.69, 9.17) is 5.73 Å². The summed E-state index contributed by atoms with van der Waals surface area (Å²) < 4.78 is 31.0. The van der Waals surface area contributed by atoms with Crippen molar-refractivity contribution in [2.75, 3.05) is 5.73 Å². The average molecular weight is 649 g/mol. The number of aliphatic hydroxyl groups is 1. The van der Waals surface area contributed by atoms with Gasteiger partial charge >= 0.3 is 5.92 Å². The van der Waals surface area contributed by atoms with Crippen molar-refractivity contribution >= 4 is 29.3 Å². The van der Waals surface area contributed by atoms with Gasteiger partial charge < -0.3 is 37.3 Å². The zero-order valence-corrected chi connectivity index (χ0v) is 26.9. The number of halogens is 2. The van der Waals surface area contributed by atoms with Crippen molar-refractivity contribution in [3.8, 4) is 0 Å². The number of nitrogens with two attached hydrogens (primary N) is 1. The van der Waals surface area contributed by atoms with E-state index in [0.717, 1.165) is 12.4 Å². The van der Waals surface area contributed by atoms with Crippen molar-refractivity contribution in [3.05, 3.63) is 65.1 Å². The monoisotopic (exact) mass is 648 g/mol. The lowest BCUT2D eigenvalue weighted by Crippen LogP contribution is -2.61. The van der Waals surface area contributed by atoms with Crippen LogP contribution in [0.15, 0.2) is 48.8 Å². The number of anilines is 1. The summed E-state index contributed by atoms with van der Waals surface area (Å²) in [4.78, 5) is 52.2. The lowest BCUT2D eigenvalue weighted by molar-refractivity contribution is -0.605. The molecule has 0 radical (unpaired) electrons. The molecule has 1 unspecified atom stereocenters. The predicted molar refractivity (Wildman–Crippen MR) is 168 cm³/mol. The van der Waals surface area contributed by atoms with Crippen LogP contribution in [0.3, 0.4) is 0 Å². The van der Waals surface area contributed by atoms with Crippen LogP contribution in [0.1, 0.15) is 76.2 Å². The van der Waals surface area contributed by atoms with Crippen LogP contribution >= 0.6 is 0 Å². The first-order valence-electron chi connectivity index (χ1n) is 15.4. The number of hydrogen-bond donors (Lipinski definition) is 6. The molecule has 0 fully saturated rings. The van der Waals surface area contributed by atoms with E-state index < -0.39 is 53.8 Å². The van der Waals surface area contributed by atoms with Crippen LogP contribution in [-0.4, -0.2) is 58.9 Å². The first-order valence-corrected chi connectivity index (χ1v) is 15.4. The van der Waals surface area contributed by atoms with E-state index in [0.29, 0.717) is 28.8 Å². The van der Waals surface area contributed by atoms with Crippen molar-refractivity contribution in [2.45, 2.75) is 97.0 Å². The number of nitrogens with zero attached hydrogens (tertiary/aromatic N) is 1. The Balaban J connectivity index is 2.19. The number of alkyl halides is 2. The number of amides is 4. The predicted octanol–water partition coefficient (Wildman–Crippen LogP) is 2.18. The minimum atomic E-state index is -4.27. The summed E-state index contributed by atoms with van der Waals surface area (Å²) in [5, 5.41) is 31.9. The fourth-order valence-electron chi connectivity index (χ4n) is 4.69. The maximum atomic E-state index is 15.2. The van der Waals surface area contributed by atoms with Gasteiger partial charge in [0.15, 0.2) is 12.4 Å². The highest BCUT2D eigenvalue weighted by atomic mass is 19.3. The molecule has 0 saturated carbocycles. The molecule has 0 saturated heterocycles. The summed E-state index contributed by atoms with van der Waals surface area (Å²) in [7, 11) is 0. The molecule has 254 valence electrons. The first-order chi connectivity index (χ1) is 21.6. The van der Waals surface area contributed by atoms with E-state index in [1.165, 1.54) is 12.1 Å². The van der Waals surface area contributed by atoms with Crippen LogP contribution in [0, 0.1) is 17.0 Å². The van der Waals surface area contributed by atoms with Crippen LogP contribution in [0.5, 0.6) is 0 Å². The summed E-state index contributed by atoms with van der Waals surface area (Å²) in [5.41, 5.74) is 6.76. The molecule has 7 N–H and O–H groups in total. The molecule has 1 aromatic heterocycles. The second kappa shape index (κ2) is 17.4. The Morgan fingerprint density at radius 1 is 0.957 bits per heavy atom. The molecule has 0 aliphatic carbocycles. The van der Waals surface area contributed by atoms with Crippen LogP contribution < -0.4 is 31.7 Å². The Morgan fingerprint density at radius 3 is 2.11 bits per heavy atom. The second-order valence-electron chi connectivity index (χ2n) is 11.9. The number of benzene rings is 1. The van der Waals surface area contributed by atoms with Crippen molar-refractivity contribution in [1.29, 1.82) is 0 Å². The van der Waals surface area contributed by atoms with Gasteiger partial charge in [-0.1, -0.05) is 59.6 Å². The lowest BCUT2D eigenvalue weighted by atomic mass is 9.94. The minimum Gasteiger partial charge on any atom is -0.619 e. The topological polar surface area (TPSA) is 190 Å². The van der Waals surface area contributed by atoms with Crippen LogP contribution in [0.2, 0.25) is 0 Å². The molecule has 1 heterocycles. The molecule has 1 aromatic carbocycles. The Bertz CT molecular complexity index is 1310. The van der Waals surface area contributed by atoms with Gasteiger partial charge in [-0.15, -0.1) is 0 Å². The third kappa shape index (κ3) is 10.9. The quantitative estimate of drug-likeness (QED) is 0.0861. The number of pyridine rings is 1. The van der Waals surface area contributed by atoms with Gasteiger partial charge in [-0.3, -0.25) is 19.2 Å². The lowest BCUT2D eigenvalue weighted by Gasteiger charge is -2.32. The van der Waals surface area contributed by atoms with Gasteiger partial charge in [0.25, 0.3) is 11.8 Å². The fraction of sp³-hybridized carbons (Fsp3) is 0.531. The van der Waals surface area contributed by atoms with Gasteiger partial charge in [0.1, 0.15) is 18.2 Å². The van der Waals surface area contributed by atoms with E-state index >= 15 is 8.78 Å². The van der Waals surface area contributed by atoms with Crippen molar-refractivity contribution in [2.24, 2.45) is 11.8 Å². The third-order valence-corrected chi connectivity index (χ3v) is 7.60. The van der Waals surface area contributed by atoms with Crippen molar-refractivity contribution < 1.29 is 37.8 Å². The summed E-state index contributed by atoms with van der Waals surface area (Å²) >= 11 is 0. The molecule has 2 aromatic rings. The maximum Gasteiger partial charge on any atom is 0.351 e. The highest BCUT2D eigenvalue weighted by Crippen LogP contribution is 2.25. The van der Waals surface area contributed by atoms with Gasteiger partial charge in [0.05, 0.1) is 11.6 Å². The molecule has 4 amide bonds. The highest BCUT2D eigenvalue weighted by Gasteiger charge is 2.50. The molecular formula is C32H46F2N6O6. The maximum absolute atomic E-state index is 15.2. The SMILES string of the molecule is CCC[C@H](NC(=O)C(NC(=O)c1cc[n+]([O-])cc1)[C@@H](C)CC)C(=O)N[C@@H](CC(C)C)[C@@H](O)C(F)(F)C(=O)NCc1ccc(N)cc1. The average Bonchev–Trinajstić information content (AvgIpc) is 3.01. The Morgan fingerprint density at radius 2 is 1.57 bits per heavy atom.